The lowest BCUT2D eigenvalue weighted by Crippen LogP contribution is -2.09. The number of methoxy groups -OCH3 is 1. The lowest BCUT2D eigenvalue weighted by atomic mass is 10.2. The van der Waals surface area contributed by atoms with Gasteiger partial charge in [-0.3, -0.25) is 0 Å². The smallest absolute Gasteiger partial charge is 0.338 e. The Balaban J connectivity index is 1.65. The van der Waals surface area contributed by atoms with Crippen molar-refractivity contribution in [3.05, 3.63) is 66.1 Å². The molecule has 140 valence electrons. The molecule has 6 nitrogen and oxygen atoms in total. The van der Waals surface area contributed by atoms with E-state index in [9.17, 15) is 4.79 Å². The van der Waals surface area contributed by atoms with Gasteiger partial charge < -0.3 is 18.6 Å². The van der Waals surface area contributed by atoms with Crippen molar-refractivity contribution in [2.45, 2.75) is 26.6 Å². The molecule has 0 amide bonds. The van der Waals surface area contributed by atoms with E-state index in [0.29, 0.717) is 28.6 Å². The average molecular weight is 367 g/mol. The molecule has 0 spiro atoms. The number of hydrogen-bond acceptors (Lipinski definition) is 6. The Morgan fingerprint density at radius 2 is 1.89 bits per heavy atom. The van der Waals surface area contributed by atoms with Crippen LogP contribution in [0.15, 0.2) is 59.2 Å². The van der Waals surface area contributed by atoms with Crippen molar-refractivity contribution in [2.24, 2.45) is 0 Å². The molecule has 3 aromatic rings. The Bertz CT molecular complexity index is 902. The summed E-state index contributed by atoms with van der Waals surface area (Å²) in [5.74, 6) is 1.06. The highest BCUT2D eigenvalue weighted by atomic mass is 16.5. The summed E-state index contributed by atoms with van der Waals surface area (Å²) in [6.07, 6.45) is 1.48. The van der Waals surface area contributed by atoms with E-state index in [2.05, 4.69) is 4.98 Å². The van der Waals surface area contributed by atoms with Gasteiger partial charge in [0.05, 0.1) is 18.8 Å². The predicted octanol–water partition coefficient (Wildman–Crippen LogP) is 4.49. The second-order valence-electron chi connectivity index (χ2n) is 6.12. The summed E-state index contributed by atoms with van der Waals surface area (Å²) in [4.78, 5) is 16.7. The molecule has 0 saturated heterocycles. The van der Waals surface area contributed by atoms with E-state index >= 15 is 0 Å². The number of benzene rings is 2. The van der Waals surface area contributed by atoms with Gasteiger partial charge in [0.1, 0.15) is 18.6 Å². The monoisotopic (exact) mass is 367 g/mol. The third-order valence-corrected chi connectivity index (χ3v) is 3.69. The molecule has 0 atom stereocenters. The van der Waals surface area contributed by atoms with Gasteiger partial charge >= 0.3 is 5.97 Å². The summed E-state index contributed by atoms with van der Waals surface area (Å²) in [5, 5.41) is 0. The summed E-state index contributed by atoms with van der Waals surface area (Å²) >= 11 is 0. The molecule has 0 aliphatic rings. The van der Waals surface area contributed by atoms with Crippen LogP contribution in [-0.4, -0.2) is 24.2 Å². The maximum absolute atomic E-state index is 12.3. The molecular formula is C21H21NO5. The van der Waals surface area contributed by atoms with E-state index in [4.69, 9.17) is 18.6 Å². The quantitative estimate of drug-likeness (QED) is 0.573. The number of ether oxygens (including phenoxy) is 3. The lowest BCUT2D eigenvalue weighted by Gasteiger charge is -2.14. The first-order valence-corrected chi connectivity index (χ1v) is 8.58. The zero-order valence-corrected chi connectivity index (χ0v) is 15.5. The van der Waals surface area contributed by atoms with Gasteiger partial charge in [-0.2, -0.15) is 0 Å². The molecule has 0 fully saturated rings. The molecule has 0 N–H and O–H groups in total. The van der Waals surface area contributed by atoms with Crippen LogP contribution in [0.1, 0.15) is 29.9 Å². The van der Waals surface area contributed by atoms with Gasteiger partial charge in [-0.05, 0) is 44.2 Å². The summed E-state index contributed by atoms with van der Waals surface area (Å²) in [5.41, 5.74) is 1.77. The van der Waals surface area contributed by atoms with E-state index in [-0.39, 0.29) is 12.7 Å². The fraction of sp³-hybridized carbons (Fsp3) is 0.238. The highest BCUT2D eigenvalue weighted by Crippen LogP contribution is 2.29. The van der Waals surface area contributed by atoms with Crippen LogP contribution in [0.3, 0.4) is 0 Å². The number of nitrogens with zero attached hydrogens (tertiary/aromatic N) is 1. The maximum Gasteiger partial charge on any atom is 0.338 e. The third kappa shape index (κ3) is 4.67. The van der Waals surface area contributed by atoms with Crippen LogP contribution < -0.4 is 9.47 Å². The molecule has 0 saturated carbocycles. The Labute approximate surface area is 157 Å². The normalized spacial score (nSPS) is 10.7. The molecule has 0 aliphatic heterocycles. The first kappa shape index (κ1) is 18.5. The van der Waals surface area contributed by atoms with Crippen LogP contribution >= 0.6 is 0 Å². The standard InChI is InChI=1S/C21H21NO5/c1-14(2)27-18-10-9-16(11-19(18)24-3)21(23)26-13-17-12-25-20(22-17)15-7-5-4-6-8-15/h4-12,14H,13H2,1-3H3. The van der Waals surface area contributed by atoms with Gasteiger partial charge in [0.15, 0.2) is 11.5 Å². The van der Waals surface area contributed by atoms with Crippen LogP contribution in [0, 0.1) is 0 Å². The van der Waals surface area contributed by atoms with Crippen molar-refractivity contribution >= 4 is 5.97 Å². The minimum Gasteiger partial charge on any atom is -0.493 e. The Kier molecular flexibility index (Phi) is 5.76. The summed E-state index contributed by atoms with van der Waals surface area (Å²) in [6.45, 7) is 3.86. The van der Waals surface area contributed by atoms with E-state index < -0.39 is 5.97 Å². The third-order valence-electron chi connectivity index (χ3n) is 3.69. The molecule has 3 rings (SSSR count). The highest BCUT2D eigenvalue weighted by Gasteiger charge is 2.14. The molecule has 1 heterocycles. The topological polar surface area (TPSA) is 70.8 Å². The molecule has 0 bridgehead atoms. The van der Waals surface area contributed by atoms with Crippen molar-refractivity contribution in [3.8, 4) is 23.0 Å². The molecule has 0 unspecified atom stereocenters. The number of carbonyl (C=O) groups is 1. The van der Waals surface area contributed by atoms with Crippen LogP contribution in [0.25, 0.3) is 11.5 Å². The van der Waals surface area contributed by atoms with E-state index in [1.165, 1.54) is 13.4 Å². The molecular weight excluding hydrogens is 346 g/mol. The van der Waals surface area contributed by atoms with Gasteiger partial charge in [0.2, 0.25) is 5.89 Å². The molecule has 0 aliphatic carbocycles. The Morgan fingerprint density at radius 1 is 1.11 bits per heavy atom. The molecule has 27 heavy (non-hydrogen) atoms. The SMILES string of the molecule is COc1cc(C(=O)OCc2coc(-c3ccccc3)n2)ccc1OC(C)C. The summed E-state index contributed by atoms with van der Waals surface area (Å²) in [7, 11) is 1.53. The van der Waals surface area contributed by atoms with E-state index in [1.54, 1.807) is 18.2 Å². The molecule has 1 aromatic heterocycles. The van der Waals surface area contributed by atoms with Crippen molar-refractivity contribution in [3.63, 3.8) is 0 Å². The van der Waals surface area contributed by atoms with Crippen LogP contribution in [0.5, 0.6) is 11.5 Å². The fourth-order valence-corrected chi connectivity index (χ4v) is 2.46. The second kappa shape index (κ2) is 8.40. The summed E-state index contributed by atoms with van der Waals surface area (Å²) < 4.78 is 21.7. The van der Waals surface area contributed by atoms with E-state index in [0.717, 1.165) is 5.56 Å². The number of oxazole rings is 1. The zero-order chi connectivity index (χ0) is 19.2. The fourth-order valence-electron chi connectivity index (χ4n) is 2.46. The van der Waals surface area contributed by atoms with Gasteiger partial charge in [-0.1, -0.05) is 18.2 Å². The van der Waals surface area contributed by atoms with Crippen LogP contribution in [0.4, 0.5) is 0 Å². The predicted molar refractivity (Wildman–Crippen MR) is 99.8 cm³/mol. The van der Waals surface area contributed by atoms with Crippen LogP contribution in [0.2, 0.25) is 0 Å². The van der Waals surface area contributed by atoms with Gasteiger partial charge in [-0.25, -0.2) is 9.78 Å². The first-order chi connectivity index (χ1) is 13.1. The summed E-state index contributed by atoms with van der Waals surface area (Å²) in [6, 6.07) is 14.4. The second-order valence-corrected chi connectivity index (χ2v) is 6.12. The largest absolute Gasteiger partial charge is 0.493 e. The molecule has 6 heteroatoms. The molecule has 0 radical (unpaired) electrons. The van der Waals surface area contributed by atoms with Crippen molar-refractivity contribution in [1.29, 1.82) is 0 Å². The van der Waals surface area contributed by atoms with Crippen molar-refractivity contribution < 1.29 is 23.4 Å². The number of carbonyl (C=O) groups excluding carboxylic acids is 1. The Morgan fingerprint density at radius 3 is 2.59 bits per heavy atom. The van der Waals surface area contributed by atoms with Gasteiger partial charge in [-0.15, -0.1) is 0 Å². The number of aromatic nitrogens is 1. The first-order valence-electron chi connectivity index (χ1n) is 8.58. The minimum absolute atomic E-state index is 0.00248. The minimum atomic E-state index is -0.478. The maximum atomic E-state index is 12.3. The molecule has 2 aromatic carbocycles. The van der Waals surface area contributed by atoms with Crippen molar-refractivity contribution in [2.75, 3.05) is 7.11 Å². The van der Waals surface area contributed by atoms with Gasteiger partial charge in [0, 0.05) is 5.56 Å². The Hall–Kier alpha value is -3.28. The van der Waals surface area contributed by atoms with Crippen molar-refractivity contribution in [1.82, 2.24) is 4.98 Å². The number of rotatable bonds is 7. The number of esters is 1. The zero-order valence-electron chi connectivity index (χ0n) is 15.5. The van der Waals surface area contributed by atoms with E-state index in [1.807, 2.05) is 44.2 Å². The lowest BCUT2D eigenvalue weighted by molar-refractivity contribution is 0.0467. The number of hydrogen-bond donors (Lipinski definition) is 0. The van der Waals surface area contributed by atoms with Crippen LogP contribution in [-0.2, 0) is 11.3 Å². The van der Waals surface area contributed by atoms with Gasteiger partial charge in [0.25, 0.3) is 0 Å². The average Bonchev–Trinajstić information content (AvgIpc) is 3.16. The highest BCUT2D eigenvalue weighted by molar-refractivity contribution is 5.90.